The molecule has 2 nitrogen and oxygen atoms in total. The van der Waals surface area contributed by atoms with Crippen LogP contribution in [0.4, 0.5) is 0 Å². The molecule has 1 aromatic rings. The zero-order valence-electron chi connectivity index (χ0n) is 14.0. The number of hydrogen-bond donors (Lipinski definition) is 1. The largest absolute Gasteiger partial charge is 0.330 e. The van der Waals surface area contributed by atoms with Crippen molar-refractivity contribution < 1.29 is 0 Å². The number of benzene rings is 1. The summed E-state index contributed by atoms with van der Waals surface area (Å²) in [6.45, 7) is 11.3. The number of likely N-dealkylation sites (tertiary alicyclic amines) is 1. The molecule has 0 saturated carbocycles. The predicted octanol–water partition coefficient (Wildman–Crippen LogP) is 4.01. The second-order valence-corrected chi connectivity index (χ2v) is 7.09. The number of hydrogen-bond acceptors (Lipinski definition) is 2. The third kappa shape index (κ3) is 4.82. The van der Waals surface area contributed by atoms with Gasteiger partial charge in [-0.25, -0.2) is 0 Å². The molecule has 2 heteroatoms. The summed E-state index contributed by atoms with van der Waals surface area (Å²) in [5.41, 5.74) is 8.53. The van der Waals surface area contributed by atoms with Gasteiger partial charge in [-0.1, -0.05) is 45.0 Å². The van der Waals surface area contributed by atoms with Gasteiger partial charge in [0.1, 0.15) is 0 Å². The van der Waals surface area contributed by atoms with Gasteiger partial charge in [-0.15, -0.1) is 0 Å². The summed E-state index contributed by atoms with van der Waals surface area (Å²) in [5.74, 6) is 2.22. The smallest absolute Gasteiger partial charge is 0.0233 e. The van der Waals surface area contributed by atoms with Crippen LogP contribution in [0.1, 0.15) is 57.1 Å². The van der Waals surface area contributed by atoms with Crippen molar-refractivity contribution in [3.8, 4) is 0 Å². The summed E-state index contributed by atoms with van der Waals surface area (Å²) in [5, 5.41) is 0. The van der Waals surface area contributed by atoms with Crippen molar-refractivity contribution >= 4 is 0 Å². The van der Waals surface area contributed by atoms with Crippen molar-refractivity contribution in [2.75, 3.05) is 19.6 Å². The first-order chi connectivity index (χ1) is 10.1. The Hall–Kier alpha value is -0.860. The van der Waals surface area contributed by atoms with E-state index in [0.29, 0.717) is 5.92 Å². The van der Waals surface area contributed by atoms with Gasteiger partial charge in [-0.05, 0) is 67.8 Å². The maximum atomic E-state index is 5.74. The highest BCUT2D eigenvalue weighted by Crippen LogP contribution is 2.25. The number of nitrogens with zero attached hydrogens (tertiary/aromatic N) is 1. The van der Waals surface area contributed by atoms with Crippen molar-refractivity contribution in [3.63, 3.8) is 0 Å². The lowest BCUT2D eigenvalue weighted by Gasteiger charge is -2.21. The Bertz CT molecular complexity index is 410. The molecule has 0 bridgehead atoms. The standard InChI is InChI=1S/C19H32N2/c1-15(2)18-5-4-11-21(12-10-18)14-17-6-8-19(9-7-17)16(3)13-20/h6-9,15-16,18H,4-5,10-14,20H2,1-3H3. The van der Waals surface area contributed by atoms with E-state index in [1.165, 1.54) is 43.5 Å². The van der Waals surface area contributed by atoms with Crippen molar-refractivity contribution in [1.29, 1.82) is 0 Å². The van der Waals surface area contributed by atoms with Gasteiger partial charge < -0.3 is 5.73 Å². The minimum atomic E-state index is 0.462. The lowest BCUT2D eigenvalue weighted by Crippen LogP contribution is -2.24. The molecule has 1 saturated heterocycles. The van der Waals surface area contributed by atoms with Gasteiger partial charge in [0.2, 0.25) is 0 Å². The molecule has 0 radical (unpaired) electrons. The van der Waals surface area contributed by atoms with Gasteiger partial charge in [0.15, 0.2) is 0 Å². The zero-order valence-corrected chi connectivity index (χ0v) is 14.0. The molecular weight excluding hydrogens is 256 g/mol. The third-order valence-corrected chi connectivity index (χ3v) is 5.12. The molecule has 2 atom stereocenters. The topological polar surface area (TPSA) is 29.3 Å². The van der Waals surface area contributed by atoms with Gasteiger partial charge in [-0.2, -0.15) is 0 Å². The highest BCUT2D eigenvalue weighted by atomic mass is 15.1. The lowest BCUT2D eigenvalue weighted by atomic mass is 9.89. The van der Waals surface area contributed by atoms with Crippen molar-refractivity contribution in [2.24, 2.45) is 17.6 Å². The van der Waals surface area contributed by atoms with Crippen molar-refractivity contribution in [2.45, 2.75) is 52.5 Å². The fourth-order valence-electron chi connectivity index (χ4n) is 3.35. The van der Waals surface area contributed by atoms with Crippen molar-refractivity contribution in [1.82, 2.24) is 4.90 Å². The minimum absolute atomic E-state index is 0.462. The van der Waals surface area contributed by atoms with Gasteiger partial charge in [-0.3, -0.25) is 4.90 Å². The summed E-state index contributed by atoms with van der Waals surface area (Å²) >= 11 is 0. The van der Waals surface area contributed by atoms with E-state index in [1.54, 1.807) is 0 Å². The molecule has 0 spiro atoms. The van der Waals surface area contributed by atoms with Crippen LogP contribution in [0.3, 0.4) is 0 Å². The first-order valence-corrected chi connectivity index (χ1v) is 8.61. The van der Waals surface area contributed by atoms with Crippen LogP contribution in [0.15, 0.2) is 24.3 Å². The van der Waals surface area contributed by atoms with E-state index in [-0.39, 0.29) is 0 Å². The van der Waals surface area contributed by atoms with E-state index in [9.17, 15) is 0 Å². The number of nitrogens with two attached hydrogens (primary N) is 1. The Balaban J connectivity index is 1.89. The summed E-state index contributed by atoms with van der Waals surface area (Å²) in [6.07, 6.45) is 4.12. The first kappa shape index (κ1) is 16.5. The maximum absolute atomic E-state index is 5.74. The maximum Gasteiger partial charge on any atom is 0.0233 e. The molecule has 1 aliphatic heterocycles. The Labute approximate surface area is 130 Å². The highest BCUT2D eigenvalue weighted by Gasteiger charge is 2.19. The molecule has 1 heterocycles. The average Bonchev–Trinajstić information content (AvgIpc) is 2.73. The van der Waals surface area contributed by atoms with E-state index in [0.717, 1.165) is 24.9 Å². The monoisotopic (exact) mass is 288 g/mol. The summed E-state index contributed by atoms with van der Waals surface area (Å²) in [7, 11) is 0. The second-order valence-electron chi connectivity index (χ2n) is 7.09. The molecule has 1 aromatic carbocycles. The molecule has 118 valence electrons. The molecular formula is C19H32N2. The Kier molecular flexibility index (Phi) is 6.25. The highest BCUT2D eigenvalue weighted by molar-refractivity contribution is 5.25. The van der Waals surface area contributed by atoms with Gasteiger partial charge in [0.05, 0.1) is 0 Å². The van der Waals surface area contributed by atoms with Crippen LogP contribution in [-0.4, -0.2) is 24.5 Å². The van der Waals surface area contributed by atoms with Crippen LogP contribution in [0.5, 0.6) is 0 Å². The first-order valence-electron chi connectivity index (χ1n) is 8.61. The van der Waals surface area contributed by atoms with Crippen LogP contribution in [-0.2, 0) is 6.54 Å². The molecule has 21 heavy (non-hydrogen) atoms. The van der Waals surface area contributed by atoms with Crippen LogP contribution in [0, 0.1) is 11.8 Å². The molecule has 1 aliphatic rings. The minimum Gasteiger partial charge on any atom is -0.330 e. The fourth-order valence-corrected chi connectivity index (χ4v) is 3.35. The molecule has 0 aliphatic carbocycles. The molecule has 0 aromatic heterocycles. The van der Waals surface area contributed by atoms with Crippen LogP contribution in [0.25, 0.3) is 0 Å². The zero-order chi connectivity index (χ0) is 15.2. The van der Waals surface area contributed by atoms with Crippen molar-refractivity contribution in [3.05, 3.63) is 35.4 Å². The van der Waals surface area contributed by atoms with Crippen LogP contribution < -0.4 is 5.73 Å². The number of rotatable bonds is 5. The molecule has 2 unspecified atom stereocenters. The second kappa shape index (κ2) is 7.95. The Morgan fingerprint density at radius 3 is 2.43 bits per heavy atom. The van der Waals surface area contributed by atoms with E-state index in [1.807, 2.05) is 0 Å². The van der Waals surface area contributed by atoms with Crippen LogP contribution >= 0.6 is 0 Å². The summed E-state index contributed by atoms with van der Waals surface area (Å²) in [4.78, 5) is 2.63. The Morgan fingerprint density at radius 2 is 1.81 bits per heavy atom. The quantitative estimate of drug-likeness (QED) is 0.887. The SMILES string of the molecule is CC(CN)c1ccc(CN2CCCC(C(C)C)CC2)cc1. The molecule has 2 N–H and O–H groups in total. The van der Waals surface area contributed by atoms with Gasteiger partial charge >= 0.3 is 0 Å². The van der Waals surface area contributed by atoms with Gasteiger partial charge in [0.25, 0.3) is 0 Å². The Morgan fingerprint density at radius 1 is 1.10 bits per heavy atom. The van der Waals surface area contributed by atoms with Gasteiger partial charge in [0, 0.05) is 6.54 Å². The molecule has 0 amide bonds. The molecule has 1 fully saturated rings. The third-order valence-electron chi connectivity index (χ3n) is 5.12. The summed E-state index contributed by atoms with van der Waals surface area (Å²) in [6, 6.07) is 9.07. The summed E-state index contributed by atoms with van der Waals surface area (Å²) < 4.78 is 0. The average molecular weight is 288 g/mol. The predicted molar refractivity (Wildman–Crippen MR) is 91.4 cm³/mol. The van der Waals surface area contributed by atoms with E-state index < -0.39 is 0 Å². The van der Waals surface area contributed by atoms with Crippen LogP contribution in [0.2, 0.25) is 0 Å². The lowest BCUT2D eigenvalue weighted by molar-refractivity contribution is 0.265. The van der Waals surface area contributed by atoms with E-state index in [2.05, 4.69) is 49.9 Å². The van der Waals surface area contributed by atoms with E-state index in [4.69, 9.17) is 5.73 Å². The normalized spacial score (nSPS) is 22.2. The molecule has 2 rings (SSSR count). The van der Waals surface area contributed by atoms with E-state index >= 15 is 0 Å². The fraction of sp³-hybridized carbons (Fsp3) is 0.684.